The van der Waals surface area contributed by atoms with Crippen LogP contribution < -0.4 is 5.73 Å². The van der Waals surface area contributed by atoms with Gasteiger partial charge in [0.2, 0.25) is 0 Å². The van der Waals surface area contributed by atoms with Gasteiger partial charge in [0.25, 0.3) is 0 Å². The third-order valence-electron chi connectivity index (χ3n) is 4.80. The van der Waals surface area contributed by atoms with Crippen LogP contribution in [0.15, 0.2) is 30.3 Å². The fraction of sp³-hybridized carbons (Fsp3) is 0.647. The van der Waals surface area contributed by atoms with Crippen molar-refractivity contribution in [3.8, 4) is 0 Å². The standard InChI is InChI=1S/C17H29N3/c1-4-19(5-2)16-11-12-20(13-16)14(3)17(18)15-9-7-6-8-10-15/h6-10,14,16-17H,4-5,11-13,18H2,1-3H3. The zero-order valence-electron chi connectivity index (χ0n) is 13.1. The van der Waals surface area contributed by atoms with E-state index >= 15 is 0 Å². The molecule has 112 valence electrons. The maximum atomic E-state index is 6.45. The number of hydrogen-bond acceptors (Lipinski definition) is 3. The molecule has 3 heteroatoms. The zero-order chi connectivity index (χ0) is 14.5. The molecular formula is C17H29N3. The maximum absolute atomic E-state index is 6.45. The van der Waals surface area contributed by atoms with Gasteiger partial charge >= 0.3 is 0 Å². The van der Waals surface area contributed by atoms with E-state index in [1.807, 2.05) is 6.07 Å². The highest BCUT2D eigenvalue weighted by molar-refractivity contribution is 5.20. The van der Waals surface area contributed by atoms with Gasteiger partial charge in [-0.05, 0) is 32.0 Å². The molecule has 0 spiro atoms. The molecule has 2 N–H and O–H groups in total. The van der Waals surface area contributed by atoms with Crippen LogP contribution in [0.3, 0.4) is 0 Å². The maximum Gasteiger partial charge on any atom is 0.0450 e. The van der Waals surface area contributed by atoms with Gasteiger partial charge in [0.15, 0.2) is 0 Å². The molecule has 0 aromatic heterocycles. The topological polar surface area (TPSA) is 32.5 Å². The Labute approximate surface area is 123 Å². The molecule has 3 nitrogen and oxygen atoms in total. The summed E-state index contributed by atoms with van der Waals surface area (Å²) in [5, 5.41) is 0. The lowest BCUT2D eigenvalue weighted by molar-refractivity contribution is 0.181. The molecule has 0 radical (unpaired) electrons. The van der Waals surface area contributed by atoms with Gasteiger partial charge in [-0.15, -0.1) is 0 Å². The van der Waals surface area contributed by atoms with Gasteiger partial charge in [-0.2, -0.15) is 0 Å². The summed E-state index contributed by atoms with van der Waals surface area (Å²) in [6.45, 7) is 11.4. The number of likely N-dealkylation sites (tertiary alicyclic amines) is 1. The Bertz CT molecular complexity index is 388. The number of rotatable bonds is 6. The van der Waals surface area contributed by atoms with Crippen molar-refractivity contribution in [2.24, 2.45) is 5.73 Å². The molecule has 1 aromatic carbocycles. The van der Waals surface area contributed by atoms with Gasteiger partial charge in [-0.1, -0.05) is 44.2 Å². The molecule has 1 heterocycles. The number of nitrogens with two attached hydrogens (primary N) is 1. The van der Waals surface area contributed by atoms with Gasteiger partial charge in [0.05, 0.1) is 0 Å². The Hall–Kier alpha value is -0.900. The van der Waals surface area contributed by atoms with Crippen molar-refractivity contribution in [3.05, 3.63) is 35.9 Å². The van der Waals surface area contributed by atoms with E-state index in [0.29, 0.717) is 12.1 Å². The molecular weight excluding hydrogens is 246 g/mol. The third kappa shape index (κ3) is 3.40. The molecule has 1 aromatic rings. The van der Waals surface area contributed by atoms with Crippen LogP contribution in [-0.4, -0.2) is 48.1 Å². The summed E-state index contributed by atoms with van der Waals surface area (Å²) in [4.78, 5) is 5.13. The first-order valence-electron chi connectivity index (χ1n) is 7.96. The highest BCUT2D eigenvalue weighted by atomic mass is 15.3. The smallest absolute Gasteiger partial charge is 0.0450 e. The van der Waals surface area contributed by atoms with Crippen molar-refractivity contribution < 1.29 is 0 Å². The molecule has 1 aliphatic heterocycles. The Morgan fingerprint density at radius 2 is 1.90 bits per heavy atom. The second-order valence-electron chi connectivity index (χ2n) is 5.84. The average molecular weight is 275 g/mol. The van der Waals surface area contributed by atoms with Crippen molar-refractivity contribution in [1.29, 1.82) is 0 Å². The summed E-state index contributed by atoms with van der Waals surface area (Å²) in [6, 6.07) is 11.7. The Balaban J connectivity index is 1.96. The number of hydrogen-bond donors (Lipinski definition) is 1. The van der Waals surface area contributed by atoms with Crippen molar-refractivity contribution >= 4 is 0 Å². The summed E-state index contributed by atoms with van der Waals surface area (Å²) in [6.07, 6.45) is 1.27. The SMILES string of the molecule is CCN(CC)C1CCN(C(C)C(N)c2ccccc2)C1. The minimum atomic E-state index is 0.103. The van der Waals surface area contributed by atoms with Crippen molar-refractivity contribution in [1.82, 2.24) is 9.80 Å². The second-order valence-corrected chi connectivity index (χ2v) is 5.84. The van der Waals surface area contributed by atoms with Gasteiger partial charge in [-0.3, -0.25) is 9.80 Å². The minimum absolute atomic E-state index is 0.103. The summed E-state index contributed by atoms with van der Waals surface area (Å²) in [7, 11) is 0. The number of nitrogens with zero attached hydrogens (tertiary/aromatic N) is 2. The molecule has 0 aliphatic carbocycles. The van der Waals surface area contributed by atoms with E-state index in [0.717, 1.165) is 19.6 Å². The summed E-state index contributed by atoms with van der Waals surface area (Å²) in [5.41, 5.74) is 7.69. The Kier molecular flexibility index (Phi) is 5.58. The van der Waals surface area contributed by atoms with Gasteiger partial charge in [0, 0.05) is 31.2 Å². The van der Waals surface area contributed by atoms with Crippen LogP contribution in [0.1, 0.15) is 38.8 Å². The van der Waals surface area contributed by atoms with Gasteiger partial charge < -0.3 is 5.73 Å². The second kappa shape index (κ2) is 7.21. The number of likely N-dealkylation sites (N-methyl/N-ethyl adjacent to an activating group) is 1. The first-order valence-corrected chi connectivity index (χ1v) is 7.96. The lowest BCUT2D eigenvalue weighted by Crippen LogP contribution is -2.42. The van der Waals surface area contributed by atoms with Crippen LogP contribution in [0.4, 0.5) is 0 Å². The predicted octanol–water partition coefficient (Wildman–Crippen LogP) is 2.49. The van der Waals surface area contributed by atoms with E-state index in [4.69, 9.17) is 5.73 Å². The monoisotopic (exact) mass is 275 g/mol. The highest BCUT2D eigenvalue weighted by Gasteiger charge is 2.31. The average Bonchev–Trinajstić information content (AvgIpc) is 2.97. The molecule has 1 saturated heterocycles. The van der Waals surface area contributed by atoms with Crippen LogP contribution in [-0.2, 0) is 0 Å². The zero-order valence-corrected chi connectivity index (χ0v) is 13.1. The summed E-state index contributed by atoms with van der Waals surface area (Å²) in [5.74, 6) is 0. The van der Waals surface area contributed by atoms with Crippen LogP contribution in [0.2, 0.25) is 0 Å². The first-order chi connectivity index (χ1) is 9.67. The molecule has 1 fully saturated rings. The van der Waals surface area contributed by atoms with Crippen molar-refractivity contribution in [2.45, 2.75) is 45.3 Å². The quantitative estimate of drug-likeness (QED) is 0.866. The summed E-state index contributed by atoms with van der Waals surface area (Å²) >= 11 is 0. The minimum Gasteiger partial charge on any atom is -0.323 e. The molecule has 1 aliphatic rings. The summed E-state index contributed by atoms with van der Waals surface area (Å²) < 4.78 is 0. The van der Waals surface area contributed by atoms with E-state index in [2.05, 4.69) is 54.8 Å². The van der Waals surface area contributed by atoms with Gasteiger partial charge in [-0.25, -0.2) is 0 Å². The van der Waals surface area contributed by atoms with E-state index in [1.165, 1.54) is 18.5 Å². The van der Waals surface area contributed by atoms with E-state index in [9.17, 15) is 0 Å². The molecule has 20 heavy (non-hydrogen) atoms. The van der Waals surface area contributed by atoms with Crippen LogP contribution in [0, 0.1) is 0 Å². The Morgan fingerprint density at radius 1 is 1.25 bits per heavy atom. The van der Waals surface area contributed by atoms with E-state index < -0.39 is 0 Å². The molecule has 3 atom stereocenters. The lowest BCUT2D eigenvalue weighted by atomic mass is 10.0. The third-order valence-corrected chi connectivity index (χ3v) is 4.80. The first kappa shape index (κ1) is 15.5. The van der Waals surface area contributed by atoms with E-state index in [-0.39, 0.29) is 6.04 Å². The highest BCUT2D eigenvalue weighted by Crippen LogP contribution is 2.24. The molecule has 0 bridgehead atoms. The Morgan fingerprint density at radius 3 is 2.50 bits per heavy atom. The lowest BCUT2D eigenvalue weighted by Gasteiger charge is -2.31. The van der Waals surface area contributed by atoms with Crippen molar-refractivity contribution in [3.63, 3.8) is 0 Å². The van der Waals surface area contributed by atoms with Crippen LogP contribution >= 0.6 is 0 Å². The number of benzene rings is 1. The largest absolute Gasteiger partial charge is 0.323 e. The fourth-order valence-electron chi connectivity index (χ4n) is 3.36. The van der Waals surface area contributed by atoms with Crippen LogP contribution in [0.25, 0.3) is 0 Å². The predicted molar refractivity (Wildman–Crippen MR) is 85.7 cm³/mol. The molecule has 2 rings (SSSR count). The van der Waals surface area contributed by atoms with Crippen LogP contribution in [0.5, 0.6) is 0 Å². The van der Waals surface area contributed by atoms with E-state index in [1.54, 1.807) is 0 Å². The molecule has 3 unspecified atom stereocenters. The molecule has 0 saturated carbocycles. The van der Waals surface area contributed by atoms with Gasteiger partial charge in [0.1, 0.15) is 0 Å². The molecule has 0 amide bonds. The van der Waals surface area contributed by atoms with Crippen molar-refractivity contribution in [2.75, 3.05) is 26.2 Å². The normalized spacial score (nSPS) is 23.1. The fourth-order valence-corrected chi connectivity index (χ4v) is 3.36.